The first-order valence-electron chi connectivity index (χ1n) is 11.6. The Morgan fingerprint density at radius 1 is 1.06 bits per heavy atom. The molecule has 186 valence electrons. The first-order chi connectivity index (χ1) is 15.4. The van der Waals surface area contributed by atoms with Crippen LogP contribution >= 0.6 is 0 Å². The molecular formula is C23H34F3N3O3S. The van der Waals surface area contributed by atoms with E-state index in [0.29, 0.717) is 41.8 Å². The van der Waals surface area contributed by atoms with Crippen LogP contribution in [0.15, 0.2) is 29.2 Å². The van der Waals surface area contributed by atoms with Crippen LogP contribution in [0.25, 0.3) is 0 Å². The van der Waals surface area contributed by atoms with Crippen molar-refractivity contribution in [3.8, 4) is 0 Å². The average Bonchev–Trinajstić information content (AvgIpc) is 2.77. The molecule has 1 heterocycles. The number of alkyl halides is 3. The summed E-state index contributed by atoms with van der Waals surface area (Å²) >= 11 is 0. The summed E-state index contributed by atoms with van der Waals surface area (Å²) in [7, 11) is -4.32. The molecule has 3 rings (SSSR count). The molecule has 0 atom stereocenters. The van der Waals surface area contributed by atoms with Gasteiger partial charge in [0.2, 0.25) is 15.9 Å². The summed E-state index contributed by atoms with van der Waals surface area (Å²) in [6.45, 7) is 7.22. The van der Waals surface area contributed by atoms with Crippen LogP contribution < -0.4 is 0 Å². The Morgan fingerprint density at radius 2 is 1.64 bits per heavy atom. The maximum Gasteiger partial charge on any atom is 0.402 e. The van der Waals surface area contributed by atoms with Gasteiger partial charge in [-0.05, 0) is 58.1 Å². The van der Waals surface area contributed by atoms with Gasteiger partial charge in [-0.3, -0.25) is 9.69 Å². The van der Waals surface area contributed by atoms with Gasteiger partial charge in [0.05, 0.1) is 4.90 Å². The molecule has 0 radical (unpaired) electrons. The van der Waals surface area contributed by atoms with Gasteiger partial charge in [-0.2, -0.15) is 17.5 Å². The van der Waals surface area contributed by atoms with Crippen molar-refractivity contribution in [2.45, 2.75) is 69.6 Å². The van der Waals surface area contributed by atoms with Crippen molar-refractivity contribution in [1.82, 2.24) is 14.1 Å². The van der Waals surface area contributed by atoms with E-state index in [2.05, 4.69) is 18.7 Å². The van der Waals surface area contributed by atoms with Gasteiger partial charge in [0.1, 0.15) is 6.54 Å². The third-order valence-corrected chi connectivity index (χ3v) is 8.88. The number of benzene rings is 1. The second kappa shape index (κ2) is 10.3. The van der Waals surface area contributed by atoms with Crippen LogP contribution in [0.5, 0.6) is 0 Å². The number of carbonyl (C=O) groups excluding carboxylic acids is 1. The lowest BCUT2D eigenvalue weighted by Crippen LogP contribution is -2.53. The van der Waals surface area contributed by atoms with Gasteiger partial charge in [-0.15, -0.1) is 0 Å². The molecule has 0 spiro atoms. The highest BCUT2D eigenvalue weighted by Gasteiger charge is 2.43. The topological polar surface area (TPSA) is 60.9 Å². The summed E-state index contributed by atoms with van der Waals surface area (Å²) in [4.78, 5) is 17.1. The number of amides is 1. The fourth-order valence-electron chi connectivity index (χ4n) is 4.89. The van der Waals surface area contributed by atoms with Gasteiger partial charge in [0, 0.05) is 44.2 Å². The molecular weight excluding hydrogens is 455 g/mol. The monoisotopic (exact) mass is 489 g/mol. The molecule has 1 amide bonds. The highest BCUT2D eigenvalue weighted by atomic mass is 32.2. The first-order valence-corrected chi connectivity index (χ1v) is 13.0. The predicted octanol–water partition coefficient (Wildman–Crippen LogP) is 3.66. The molecule has 0 unspecified atom stereocenters. The first kappa shape index (κ1) is 26.0. The lowest BCUT2D eigenvalue weighted by molar-refractivity contribution is -0.144. The minimum Gasteiger partial charge on any atom is -0.340 e. The van der Waals surface area contributed by atoms with Crippen LogP contribution in [-0.4, -0.2) is 79.4 Å². The SMILES string of the molecule is Cc1ccccc1S(=O)(=O)N(CC(F)(F)F)C1CCC(C(=O)N2CCN(C(C)C)CC2)CC1. The van der Waals surface area contributed by atoms with Gasteiger partial charge >= 0.3 is 6.18 Å². The Morgan fingerprint density at radius 3 is 2.15 bits per heavy atom. The van der Waals surface area contributed by atoms with Gasteiger partial charge in [-0.25, -0.2) is 8.42 Å². The molecule has 2 aliphatic rings. The van der Waals surface area contributed by atoms with E-state index in [9.17, 15) is 26.4 Å². The molecule has 1 aliphatic heterocycles. The number of hydrogen-bond donors (Lipinski definition) is 0. The predicted molar refractivity (Wildman–Crippen MR) is 120 cm³/mol. The van der Waals surface area contributed by atoms with Gasteiger partial charge < -0.3 is 4.90 Å². The van der Waals surface area contributed by atoms with E-state index in [1.807, 2.05) is 4.90 Å². The molecule has 2 fully saturated rings. The summed E-state index contributed by atoms with van der Waals surface area (Å²) in [5, 5.41) is 0. The van der Waals surface area contributed by atoms with E-state index in [4.69, 9.17) is 0 Å². The molecule has 0 aromatic heterocycles. The molecule has 1 aliphatic carbocycles. The average molecular weight is 490 g/mol. The molecule has 10 heteroatoms. The zero-order valence-electron chi connectivity index (χ0n) is 19.5. The fraction of sp³-hybridized carbons (Fsp3) is 0.696. The van der Waals surface area contributed by atoms with E-state index in [1.54, 1.807) is 19.1 Å². The standard InChI is InChI=1S/C23H34F3N3O3S/c1-17(2)27-12-14-28(15-13-27)22(30)19-8-10-20(11-9-19)29(16-23(24,25)26)33(31,32)21-7-5-4-6-18(21)3/h4-7,17,19-20H,8-16H2,1-3H3. The Labute approximate surface area is 194 Å². The number of nitrogens with zero attached hydrogens (tertiary/aromatic N) is 3. The van der Waals surface area contributed by atoms with Gasteiger partial charge in [-0.1, -0.05) is 18.2 Å². The largest absolute Gasteiger partial charge is 0.402 e. The molecule has 0 N–H and O–H groups in total. The normalized spacial score (nSPS) is 23.3. The lowest BCUT2D eigenvalue weighted by atomic mass is 9.85. The van der Waals surface area contributed by atoms with Crippen LogP contribution in [0.3, 0.4) is 0 Å². The third-order valence-electron chi connectivity index (χ3n) is 6.82. The second-order valence-electron chi connectivity index (χ2n) is 9.39. The number of halogens is 3. The van der Waals surface area contributed by atoms with E-state index < -0.39 is 28.8 Å². The van der Waals surface area contributed by atoms with Crippen LogP contribution in [0, 0.1) is 12.8 Å². The molecule has 1 aromatic rings. The Kier molecular flexibility index (Phi) is 8.11. The van der Waals surface area contributed by atoms with Crippen molar-refractivity contribution in [3.05, 3.63) is 29.8 Å². The number of sulfonamides is 1. The van der Waals surface area contributed by atoms with Crippen molar-refractivity contribution < 1.29 is 26.4 Å². The molecule has 1 saturated heterocycles. The molecule has 0 bridgehead atoms. The molecule has 1 aromatic carbocycles. The van der Waals surface area contributed by atoms with Crippen molar-refractivity contribution in [2.75, 3.05) is 32.7 Å². The van der Waals surface area contributed by atoms with Crippen molar-refractivity contribution in [2.24, 2.45) is 5.92 Å². The maximum absolute atomic E-state index is 13.4. The maximum atomic E-state index is 13.4. The van der Waals surface area contributed by atoms with E-state index in [-0.39, 0.29) is 29.6 Å². The summed E-state index contributed by atoms with van der Waals surface area (Å²) in [6, 6.07) is 5.74. The van der Waals surface area contributed by atoms with E-state index >= 15 is 0 Å². The summed E-state index contributed by atoms with van der Waals surface area (Å²) in [5.74, 6) is -0.221. The summed E-state index contributed by atoms with van der Waals surface area (Å²) < 4.78 is 67.2. The lowest BCUT2D eigenvalue weighted by Gasteiger charge is -2.40. The van der Waals surface area contributed by atoms with Gasteiger partial charge in [0.25, 0.3) is 0 Å². The highest BCUT2D eigenvalue weighted by molar-refractivity contribution is 7.89. The number of rotatable bonds is 6. The quantitative estimate of drug-likeness (QED) is 0.612. The second-order valence-corrected chi connectivity index (χ2v) is 11.3. The summed E-state index contributed by atoms with van der Waals surface area (Å²) in [5.41, 5.74) is 0.411. The van der Waals surface area contributed by atoms with E-state index in [1.165, 1.54) is 12.1 Å². The number of aryl methyl sites for hydroxylation is 1. The molecule has 1 saturated carbocycles. The smallest absolute Gasteiger partial charge is 0.340 e. The zero-order valence-corrected chi connectivity index (χ0v) is 20.3. The third kappa shape index (κ3) is 6.27. The summed E-state index contributed by atoms with van der Waals surface area (Å²) in [6.07, 6.45) is -3.39. The van der Waals surface area contributed by atoms with Crippen LogP contribution in [-0.2, 0) is 14.8 Å². The van der Waals surface area contributed by atoms with Crippen LogP contribution in [0.2, 0.25) is 0 Å². The Hall–Kier alpha value is -1.65. The van der Waals surface area contributed by atoms with Gasteiger partial charge in [0.15, 0.2) is 0 Å². The number of carbonyl (C=O) groups is 1. The minimum absolute atomic E-state index is 0.0426. The molecule has 6 nitrogen and oxygen atoms in total. The number of hydrogen-bond acceptors (Lipinski definition) is 4. The van der Waals surface area contributed by atoms with Crippen LogP contribution in [0.4, 0.5) is 13.2 Å². The Balaban J connectivity index is 1.69. The zero-order chi connectivity index (χ0) is 24.4. The molecule has 33 heavy (non-hydrogen) atoms. The fourth-order valence-corrected chi connectivity index (χ4v) is 6.78. The van der Waals surface area contributed by atoms with Crippen molar-refractivity contribution in [1.29, 1.82) is 0 Å². The van der Waals surface area contributed by atoms with Crippen LogP contribution in [0.1, 0.15) is 45.1 Å². The van der Waals surface area contributed by atoms with E-state index in [0.717, 1.165) is 13.1 Å². The highest BCUT2D eigenvalue weighted by Crippen LogP contribution is 2.35. The van der Waals surface area contributed by atoms with Crippen molar-refractivity contribution in [3.63, 3.8) is 0 Å². The number of piperazine rings is 1. The Bertz CT molecular complexity index is 920. The minimum atomic E-state index is -4.65. The van der Waals surface area contributed by atoms with Crippen molar-refractivity contribution >= 4 is 15.9 Å².